The molecule has 4 aliphatic rings. The molecular formula is C23H32ClN7O2. The lowest BCUT2D eigenvalue weighted by Gasteiger charge is -2.39. The predicted octanol–water partition coefficient (Wildman–Crippen LogP) is 3.92. The minimum absolute atomic E-state index is 0.163. The molecule has 2 N–H and O–H groups in total. The summed E-state index contributed by atoms with van der Waals surface area (Å²) < 4.78 is 14.1. The van der Waals surface area contributed by atoms with Crippen LogP contribution in [0.5, 0.6) is 5.88 Å². The molecule has 2 aromatic rings. The summed E-state index contributed by atoms with van der Waals surface area (Å²) in [6.07, 6.45) is 8.80. The topological polar surface area (TPSA) is 89.4 Å². The summed E-state index contributed by atoms with van der Waals surface area (Å²) in [6, 6.07) is 1.86. The van der Waals surface area contributed by atoms with Gasteiger partial charge in [0.05, 0.1) is 37.3 Å². The molecule has 33 heavy (non-hydrogen) atoms. The average molecular weight is 474 g/mol. The molecule has 2 aromatic heterocycles. The Morgan fingerprint density at radius 1 is 1.12 bits per heavy atom. The van der Waals surface area contributed by atoms with Gasteiger partial charge in [0, 0.05) is 31.1 Å². The molecule has 0 spiro atoms. The molecule has 3 unspecified atom stereocenters. The number of nitrogens with zero attached hydrogens (tertiary/aromatic N) is 5. The van der Waals surface area contributed by atoms with Gasteiger partial charge in [0.1, 0.15) is 10.7 Å². The van der Waals surface area contributed by atoms with Crippen LogP contribution in [0.1, 0.15) is 57.2 Å². The normalized spacial score (nSPS) is 31.8. The fraction of sp³-hybridized carbons (Fsp3) is 0.696. The molecule has 10 heteroatoms. The van der Waals surface area contributed by atoms with Crippen LogP contribution in [0.25, 0.3) is 0 Å². The molecule has 6 rings (SSSR count). The molecule has 1 saturated carbocycles. The van der Waals surface area contributed by atoms with Crippen LogP contribution >= 0.6 is 11.6 Å². The molecule has 5 heterocycles. The third kappa shape index (κ3) is 4.04. The second-order valence-corrected chi connectivity index (χ2v) is 10.3. The van der Waals surface area contributed by atoms with Crippen LogP contribution < -0.4 is 15.4 Å². The molecular weight excluding hydrogens is 442 g/mol. The van der Waals surface area contributed by atoms with E-state index in [0.29, 0.717) is 53.5 Å². The number of hydrogen-bond donors (Lipinski definition) is 2. The van der Waals surface area contributed by atoms with Gasteiger partial charge >= 0.3 is 0 Å². The van der Waals surface area contributed by atoms with E-state index in [-0.39, 0.29) is 6.04 Å². The number of likely N-dealkylation sites (tertiary alicyclic amines) is 1. The van der Waals surface area contributed by atoms with E-state index in [2.05, 4.69) is 44.0 Å². The first kappa shape index (κ1) is 21.4. The Morgan fingerprint density at radius 3 is 2.70 bits per heavy atom. The summed E-state index contributed by atoms with van der Waals surface area (Å²) in [4.78, 5) is 11.7. The highest BCUT2D eigenvalue weighted by atomic mass is 35.5. The minimum Gasteiger partial charge on any atom is -0.475 e. The van der Waals surface area contributed by atoms with Crippen LogP contribution in [0.15, 0.2) is 6.20 Å². The molecule has 1 aliphatic carbocycles. The zero-order chi connectivity index (χ0) is 22.5. The first-order valence-electron chi connectivity index (χ1n) is 12.2. The lowest BCUT2D eigenvalue weighted by atomic mass is 9.89. The Hall–Kier alpha value is -2.10. The van der Waals surface area contributed by atoms with E-state index in [1.165, 1.54) is 19.3 Å². The number of fused-ring (bicyclic) bond motifs is 5. The van der Waals surface area contributed by atoms with E-state index in [1.807, 2.05) is 0 Å². The SMILES string of the molecule is Cc1c2c(nn1C1CCC(N3CC4CC3CO4)CC1)OCCC(C)Nc1nc(ncc1Cl)N2. The number of halogens is 1. The van der Waals surface area contributed by atoms with E-state index in [4.69, 9.17) is 26.2 Å². The van der Waals surface area contributed by atoms with E-state index in [1.54, 1.807) is 6.20 Å². The van der Waals surface area contributed by atoms with Crippen LogP contribution in [0.3, 0.4) is 0 Å². The maximum absolute atomic E-state index is 6.30. The third-order valence-corrected chi connectivity index (χ3v) is 7.97. The van der Waals surface area contributed by atoms with Gasteiger partial charge in [-0.3, -0.25) is 9.58 Å². The van der Waals surface area contributed by atoms with Gasteiger partial charge in [-0.1, -0.05) is 11.6 Å². The summed E-state index contributed by atoms with van der Waals surface area (Å²) in [5, 5.41) is 12.1. The van der Waals surface area contributed by atoms with Crippen molar-refractivity contribution in [2.75, 3.05) is 30.4 Å². The predicted molar refractivity (Wildman–Crippen MR) is 127 cm³/mol. The highest BCUT2D eigenvalue weighted by Gasteiger charge is 2.43. The van der Waals surface area contributed by atoms with Gasteiger partial charge in [0.25, 0.3) is 5.88 Å². The molecule has 0 amide bonds. The maximum Gasteiger partial charge on any atom is 0.257 e. The fourth-order valence-corrected chi connectivity index (χ4v) is 6.03. The average Bonchev–Trinajstić information content (AvgIpc) is 3.52. The summed E-state index contributed by atoms with van der Waals surface area (Å²) in [5.74, 6) is 1.74. The van der Waals surface area contributed by atoms with Crippen molar-refractivity contribution in [2.24, 2.45) is 0 Å². The number of anilines is 3. The first-order chi connectivity index (χ1) is 16.0. The zero-order valence-corrected chi connectivity index (χ0v) is 20.0. The van der Waals surface area contributed by atoms with E-state index in [9.17, 15) is 0 Å². The van der Waals surface area contributed by atoms with Gasteiger partial charge < -0.3 is 20.1 Å². The summed E-state index contributed by atoms with van der Waals surface area (Å²) in [5.41, 5.74) is 1.90. The number of morpholine rings is 1. The number of nitrogens with one attached hydrogen (secondary N) is 2. The Morgan fingerprint density at radius 2 is 1.94 bits per heavy atom. The molecule has 0 aromatic carbocycles. The van der Waals surface area contributed by atoms with Gasteiger partial charge in [-0.25, -0.2) is 4.98 Å². The number of hydrogen-bond acceptors (Lipinski definition) is 8. The standard InChI is InChI=1S/C23H32ClN7O2/c1-13-7-8-32-22-20(27-23-25-10-19(24)21(26-13)28-23)14(2)31(29-22)16-5-3-15(4-6-16)30-11-18-9-17(30)12-33-18/h10,13,15-18H,3-9,11-12H2,1-2H3,(H2,25,26,27,28). The second kappa shape index (κ2) is 8.60. The number of aromatic nitrogens is 4. The Kier molecular flexibility index (Phi) is 5.58. The lowest BCUT2D eigenvalue weighted by Crippen LogP contribution is -2.45. The van der Waals surface area contributed by atoms with Crippen molar-refractivity contribution in [3.63, 3.8) is 0 Å². The van der Waals surface area contributed by atoms with Crippen molar-refractivity contribution in [3.8, 4) is 5.88 Å². The van der Waals surface area contributed by atoms with Crippen molar-refractivity contribution < 1.29 is 9.47 Å². The molecule has 3 atom stereocenters. The van der Waals surface area contributed by atoms with Crippen LogP contribution in [-0.2, 0) is 4.74 Å². The summed E-state index contributed by atoms with van der Waals surface area (Å²) >= 11 is 6.30. The second-order valence-electron chi connectivity index (χ2n) is 9.91. The molecule has 4 bridgehead atoms. The Bertz CT molecular complexity index is 1020. The first-order valence-corrected chi connectivity index (χ1v) is 12.6. The van der Waals surface area contributed by atoms with E-state index >= 15 is 0 Å². The van der Waals surface area contributed by atoms with Gasteiger partial charge in [0.15, 0.2) is 5.82 Å². The smallest absolute Gasteiger partial charge is 0.257 e. The largest absolute Gasteiger partial charge is 0.475 e. The quantitative estimate of drug-likeness (QED) is 0.678. The summed E-state index contributed by atoms with van der Waals surface area (Å²) in [6.45, 7) is 6.79. The van der Waals surface area contributed by atoms with Crippen molar-refractivity contribution in [3.05, 3.63) is 16.9 Å². The van der Waals surface area contributed by atoms with Crippen molar-refractivity contribution >= 4 is 29.1 Å². The van der Waals surface area contributed by atoms with Crippen molar-refractivity contribution in [2.45, 2.75) is 82.6 Å². The van der Waals surface area contributed by atoms with Crippen LogP contribution in [-0.4, -0.2) is 68.6 Å². The molecule has 3 aliphatic heterocycles. The van der Waals surface area contributed by atoms with Gasteiger partial charge in [-0.2, -0.15) is 4.98 Å². The van der Waals surface area contributed by atoms with Crippen LogP contribution in [0.2, 0.25) is 5.02 Å². The van der Waals surface area contributed by atoms with Crippen molar-refractivity contribution in [1.29, 1.82) is 0 Å². The van der Waals surface area contributed by atoms with Crippen LogP contribution in [0, 0.1) is 6.92 Å². The molecule has 178 valence electrons. The van der Waals surface area contributed by atoms with Gasteiger partial charge in [-0.15, -0.1) is 5.10 Å². The van der Waals surface area contributed by atoms with E-state index < -0.39 is 0 Å². The lowest BCUT2D eigenvalue weighted by molar-refractivity contribution is 0.000596. The van der Waals surface area contributed by atoms with Crippen LogP contribution in [0.4, 0.5) is 17.5 Å². The molecule has 0 radical (unpaired) electrons. The summed E-state index contributed by atoms with van der Waals surface area (Å²) in [7, 11) is 0. The highest BCUT2D eigenvalue weighted by Crippen LogP contribution is 2.40. The monoisotopic (exact) mass is 473 g/mol. The van der Waals surface area contributed by atoms with Gasteiger partial charge in [-0.05, 0) is 46.0 Å². The number of rotatable bonds is 2. The Balaban J connectivity index is 1.22. The Labute approximate surface area is 199 Å². The zero-order valence-electron chi connectivity index (χ0n) is 19.3. The molecule has 2 saturated heterocycles. The van der Waals surface area contributed by atoms with E-state index in [0.717, 1.165) is 43.8 Å². The maximum atomic E-state index is 6.30. The number of ether oxygens (including phenoxy) is 2. The molecule has 3 fully saturated rings. The fourth-order valence-electron chi connectivity index (χ4n) is 5.88. The van der Waals surface area contributed by atoms with Crippen molar-refractivity contribution in [1.82, 2.24) is 24.6 Å². The van der Waals surface area contributed by atoms with Gasteiger partial charge in [0.2, 0.25) is 5.95 Å². The minimum atomic E-state index is 0.163. The third-order valence-electron chi connectivity index (χ3n) is 7.70. The highest BCUT2D eigenvalue weighted by molar-refractivity contribution is 6.32. The molecule has 9 nitrogen and oxygen atoms in total.